The molecular weight excluding hydrogens is 240 g/mol. The number of likely N-dealkylation sites (tertiary alicyclic amines) is 1. The highest BCUT2D eigenvalue weighted by Crippen LogP contribution is 2.33. The maximum atomic E-state index is 12.1. The maximum Gasteiger partial charge on any atom is 0.236 e. The Morgan fingerprint density at radius 2 is 2.32 bits per heavy atom. The third-order valence-corrected chi connectivity index (χ3v) is 4.57. The fraction of sp³-hybridized carbons (Fsp3) is 0.857. The van der Waals surface area contributed by atoms with Crippen molar-refractivity contribution in [1.82, 2.24) is 15.1 Å². The first-order valence-corrected chi connectivity index (χ1v) is 7.23. The van der Waals surface area contributed by atoms with Crippen molar-refractivity contribution in [3.8, 4) is 6.07 Å². The van der Waals surface area contributed by atoms with Crippen LogP contribution in [0.5, 0.6) is 0 Å². The van der Waals surface area contributed by atoms with E-state index < -0.39 is 0 Å². The summed E-state index contributed by atoms with van der Waals surface area (Å²) in [7, 11) is 1.79. The molecule has 2 aliphatic heterocycles. The van der Waals surface area contributed by atoms with Gasteiger partial charge in [-0.05, 0) is 31.3 Å². The van der Waals surface area contributed by atoms with Crippen LogP contribution in [0.1, 0.15) is 19.8 Å². The molecule has 106 valence electrons. The molecule has 2 heterocycles. The highest BCUT2D eigenvalue weighted by atomic mass is 16.2. The zero-order valence-corrected chi connectivity index (χ0v) is 11.9. The fourth-order valence-electron chi connectivity index (χ4n) is 3.49. The molecule has 0 bridgehead atoms. The monoisotopic (exact) mass is 264 g/mol. The number of nitrogens with one attached hydrogen (secondary N) is 1. The lowest BCUT2D eigenvalue weighted by Gasteiger charge is -2.28. The molecule has 19 heavy (non-hydrogen) atoms. The van der Waals surface area contributed by atoms with E-state index in [9.17, 15) is 4.79 Å². The van der Waals surface area contributed by atoms with Gasteiger partial charge < -0.3 is 10.2 Å². The van der Waals surface area contributed by atoms with Crippen LogP contribution >= 0.6 is 0 Å². The second-order valence-electron chi connectivity index (χ2n) is 5.71. The first kappa shape index (κ1) is 14.3. The molecule has 0 aromatic rings. The van der Waals surface area contributed by atoms with Gasteiger partial charge in [-0.1, -0.05) is 6.92 Å². The van der Waals surface area contributed by atoms with Crippen LogP contribution in [-0.4, -0.2) is 61.5 Å². The minimum Gasteiger partial charge on any atom is -0.344 e. The van der Waals surface area contributed by atoms with Gasteiger partial charge in [-0.25, -0.2) is 0 Å². The number of hydrogen-bond acceptors (Lipinski definition) is 4. The number of nitriles is 1. The predicted molar refractivity (Wildman–Crippen MR) is 73.4 cm³/mol. The summed E-state index contributed by atoms with van der Waals surface area (Å²) >= 11 is 0. The van der Waals surface area contributed by atoms with E-state index in [1.165, 1.54) is 0 Å². The maximum absolute atomic E-state index is 12.1. The van der Waals surface area contributed by atoms with Crippen LogP contribution in [-0.2, 0) is 4.79 Å². The van der Waals surface area contributed by atoms with Gasteiger partial charge in [0.25, 0.3) is 0 Å². The zero-order chi connectivity index (χ0) is 13.8. The lowest BCUT2D eigenvalue weighted by Crippen LogP contribution is -2.43. The number of fused-ring (bicyclic) bond motifs is 1. The van der Waals surface area contributed by atoms with E-state index >= 15 is 0 Å². The Morgan fingerprint density at radius 3 is 3.00 bits per heavy atom. The Bertz CT molecular complexity index is 365. The van der Waals surface area contributed by atoms with Crippen molar-refractivity contribution in [2.75, 3.05) is 39.8 Å². The molecule has 0 aliphatic carbocycles. The quantitative estimate of drug-likeness (QED) is 0.775. The molecule has 5 nitrogen and oxygen atoms in total. The Balaban J connectivity index is 1.88. The largest absolute Gasteiger partial charge is 0.344 e. The van der Waals surface area contributed by atoms with E-state index in [0.717, 1.165) is 26.1 Å². The minimum absolute atomic E-state index is 0.140. The SMILES string of the molecule is CCC1C2CNCC2CN1CC(=O)N(C)CCC#N. The number of amides is 1. The Morgan fingerprint density at radius 1 is 1.53 bits per heavy atom. The average Bonchev–Trinajstić information content (AvgIpc) is 2.95. The summed E-state index contributed by atoms with van der Waals surface area (Å²) in [5.74, 6) is 1.56. The van der Waals surface area contributed by atoms with Crippen LogP contribution < -0.4 is 5.32 Å². The van der Waals surface area contributed by atoms with Crippen molar-refractivity contribution in [2.45, 2.75) is 25.8 Å². The van der Waals surface area contributed by atoms with Crippen LogP contribution in [0.3, 0.4) is 0 Å². The van der Waals surface area contributed by atoms with Crippen LogP contribution in [0.4, 0.5) is 0 Å². The number of hydrogen-bond donors (Lipinski definition) is 1. The highest BCUT2D eigenvalue weighted by molar-refractivity contribution is 5.78. The molecule has 3 atom stereocenters. The second kappa shape index (κ2) is 6.36. The van der Waals surface area contributed by atoms with Gasteiger partial charge >= 0.3 is 0 Å². The van der Waals surface area contributed by atoms with Crippen molar-refractivity contribution in [3.63, 3.8) is 0 Å². The molecule has 1 amide bonds. The van der Waals surface area contributed by atoms with Crippen molar-refractivity contribution < 1.29 is 4.79 Å². The molecule has 0 aromatic carbocycles. The third kappa shape index (κ3) is 3.07. The van der Waals surface area contributed by atoms with Crippen LogP contribution in [0.25, 0.3) is 0 Å². The highest BCUT2D eigenvalue weighted by Gasteiger charge is 2.43. The van der Waals surface area contributed by atoms with E-state index in [1.807, 2.05) is 0 Å². The van der Waals surface area contributed by atoms with Crippen molar-refractivity contribution in [3.05, 3.63) is 0 Å². The van der Waals surface area contributed by atoms with E-state index in [0.29, 0.717) is 37.4 Å². The molecule has 2 fully saturated rings. The topological polar surface area (TPSA) is 59.4 Å². The third-order valence-electron chi connectivity index (χ3n) is 4.57. The minimum atomic E-state index is 0.140. The number of carbonyl (C=O) groups is 1. The van der Waals surface area contributed by atoms with Crippen molar-refractivity contribution >= 4 is 5.91 Å². The molecule has 3 unspecified atom stereocenters. The smallest absolute Gasteiger partial charge is 0.236 e. The summed E-state index contributed by atoms with van der Waals surface area (Å²) < 4.78 is 0. The van der Waals surface area contributed by atoms with Gasteiger partial charge in [0.1, 0.15) is 0 Å². The Labute approximate surface area is 115 Å². The first-order chi connectivity index (χ1) is 9.17. The molecule has 0 aromatic heterocycles. The first-order valence-electron chi connectivity index (χ1n) is 7.23. The van der Waals surface area contributed by atoms with Crippen molar-refractivity contribution in [2.24, 2.45) is 11.8 Å². The lowest BCUT2D eigenvalue weighted by atomic mass is 9.93. The molecule has 2 rings (SSSR count). The zero-order valence-electron chi connectivity index (χ0n) is 11.9. The Kier molecular flexibility index (Phi) is 4.78. The molecule has 0 radical (unpaired) electrons. The van der Waals surface area contributed by atoms with Gasteiger partial charge in [0, 0.05) is 26.2 Å². The Hall–Kier alpha value is -1.12. The van der Waals surface area contributed by atoms with Crippen LogP contribution in [0.15, 0.2) is 0 Å². The van der Waals surface area contributed by atoms with Crippen molar-refractivity contribution in [1.29, 1.82) is 5.26 Å². The lowest BCUT2D eigenvalue weighted by molar-refractivity contribution is -0.131. The molecular formula is C14H24N4O. The fourth-order valence-corrected chi connectivity index (χ4v) is 3.49. The number of carbonyl (C=O) groups excluding carboxylic acids is 1. The molecule has 0 spiro atoms. The molecule has 2 saturated heterocycles. The van der Waals surface area contributed by atoms with Gasteiger partial charge in [-0.2, -0.15) is 5.26 Å². The van der Waals surface area contributed by atoms with E-state index in [-0.39, 0.29) is 5.91 Å². The second-order valence-corrected chi connectivity index (χ2v) is 5.71. The summed E-state index contributed by atoms with van der Waals surface area (Å²) in [5.41, 5.74) is 0. The molecule has 5 heteroatoms. The van der Waals surface area contributed by atoms with Crippen LogP contribution in [0.2, 0.25) is 0 Å². The standard InChI is InChI=1S/C14H24N4O/c1-3-13-12-8-16-7-11(12)9-18(13)10-14(19)17(2)6-4-5-15/h11-13,16H,3-4,6-10H2,1-2H3. The van der Waals surface area contributed by atoms with Gasteiger partial charge in [-0.15, -0.1) is 0 Å². The summed E-state index contributed by atoms with van der Waals surface area (Å²) in [6, 6.07) is 2.62. The molecule has 1 N–H and O–H groups in total. The summed E-state index contributed by atoms with van der Waals surface area (Å²) in [5, 5.41) is 12.0. The van der Waals surface area contributed by atoms with Gasteiger partial charge in [0.05, 0.1) is 19.0 Å². The summed E-state index contributed by atoms with van der Waals surface area (Å²) in [6.45, 7) is 6.48. The molecule has 2 aliphatic rings. The van der Waals surface area contributed by atoms with E-state index in [2.05, 4.69) is 23.2 Å². The average molecular weight is 264 g/mol. The van der Waals surface area contributed by atoms with E-state index in [1.54, 1.807) is 11.9 Å². The summed E-state index contributed by atoms with van der Waals surface area (Å²) in [6.07, 6.45) is 1.52. The summed E-state index contributed by atoms with van der Waals surface area (Å²) in [4.78, 5) is 16.2. The van der Waals surface area contributed by atoms with Gasteiger partial charge in [0.2, 0.25) is 5.91 Å². The number of likely N-dealkylation sites (N-methyl/N-ethyl adjacent to an activating group) is 1. The molecule has 0 saturated carbocycles. The number of rotatable bonds is 5. The number of nitrogens with zero attached hydrogens (tertiary/aromatic N) is 3. The van der Waals surface area contributed by atoms with E-state index in [4.69, 9.17) is 5.26 Å². The predicted octanol–water partition coefficient (Wildman–Crippen LogP) is 0.288. The van der Waals surface area contributed by atoms with Gasteiger partial charge in [0.15, 0.2) is 0 Å². The normalized spacial score (nSPS) is 30.1. The van der Waals surface area contributed by atoms with Crippen LogP contribution in [0, 0.1) is 23.2 Å². The van der Waals surface area contributed by atoms with Gasteiger partial charge in [-0.3, -0.25) is 9.69 Å².